The monoisotopic (exact) mass is 155 g/mol. The Morgan fingerprint density at radius 2 is 1.90 bits per heavy atom. The van der Waals surface area contributed by atoms with Gasteiger partial charge in [0.05, 0.1) is 0 Å². The van der Waals surface area contributed by atoms with Gasteiger partial charge in [0.1, 0.15) is 7.00 Å². The van der Waals surface area contributed by atoms with E-state index in [-0.39, 0.29) is 7.80 Å². The van der Waals surface area contributed by atoms with Gasteiger partial charge in [-0.2, -0.15) is 0 Å². The van der Waals surface area contributed by atoms with Crippen LogP contribution in [0.2, 0.25) is 6.32 Å². The van der Waals surface area contributed by atoms with Crippen LogP contribution < -0.4 is 0 Å². The molecule has 0 N–H and O–H groups in total. The Kier molecular flexibility index (Phi) is 2.80. The molecule has 1 unspecified atom stereocenters. The molecule has 0 aromatic carbocycles. The normalized spacial score (nSPS) is 27.7. The second-order valence-electron chi connectivity index (χ2n) is 4.04. The van der Waals surface area contributed by atoms with Crippen molar-refractivity contribution < 1.29 is 0 Å². The lowest BCUT2D eigenvalue weighted by Crippen LogP contribution is -2.19. The molecule has 1 aliphatic heterocycles. The van der Waals surface area contributed by atoms with Crippen LogP contribution in [0.5, 0.6) is 0 Å². The van der Waals surface area contributed by atoms with E-state index < -0.39 is 0 Å². The average molecular weight is 155 g/mol. The largest absolute Gasteiger partial charge is 0.147 e. The van der Waals surface area contributed by atoms with Crippen LogP contribution in [0.25, 0.3) is 0 Å². The third-order valence-electron chi connectivity index (χ3n) is 2.06. The fraction of sp³-hybridized carbons (Fsp3) is 1.00. The summed E-state index contributed by atoms with van der Waals surface area (Å²) in [5.41, 5.74) is 0. The predicted octanol–water partition coefficient (Wildman–Crippen LogP) is 3.10. The molecule has 1 rings (SSSR count). The summed E-state index contributed by atoms with van der Waals surface area (Å²) in [6, 6.07) is 0. The van der Waals surface area contributed by atoms with Crippen molar-refractivity contribution in [2.75, 3.05) is 6.16 Å². The maximum Gasteiger partial charge on any atom is 0.147 e. The summed E-state index contributed by atoms with van der Waals surface area (Å²) in [7, 11) is 0.262. The highest BCUT2D eigenvalue weighted by atomic mass is 31.1. The minimum Gasteiger partial charge on any atom is -0.142 e. The molecule has 0 aromatic heterocycles. The summed E-state index contributed by atoms with van der Waals surface area (Å²) in [5, 5.41) is 0.579. The van der Waals surface area contributed by atoms with Crippen LogP contribution in [-0.4, -0.2) is 18.3 Å². The van der Waals surface area contributed by atoms with Gasteiger partial charge in [0, 0.05) is 0 Å². The zero-order valence-electron chi connectivity index (χ0n) is 7.35. The van der Waals surface area contributed by atoms with Crippen LogP contribution in [-0.2, 0) is 0 Å². The van der Waals surface area contributed by atoms with E-state index in [1.54, 1.807) is 0 Å². The van der Waals surface area contributed by atoms with E-state index in [1.165, 1.54) is 25.3 Å². The van der Waals surface area contributed by atoms with E-state index in [2.05, 4.69) is 27.8 Å². The van der Waals surface area contributed by atoms with Gasteiger partial charge in [-0.05, 0) is 11.3 Å². The smallest absolute Gasteiger partial charge is 0.142 e. The molecule has 1 radical (unpaired) electrons. The third kappa shape index (κ3) is 2.27. The van der Waals surface area contributed by atoms with Crippen molar-refractivity contribution in [2.24, 2.45) is 0 Å². The van der Waals surface area contributed by atoms with E-state index >= 15 is 0 Å². The lowest BCUT2D eigenvalue weighted by molar-refractivity contribution is 0.772. The third-order valence-corrected chi connectivity index (χ3v) is 5.28. The molecule has 0 aromatic rings. The fourth-order valence-electron chi connectivity index (χ4n) is 1.37. The Morgan fingerprint density at radius 3 is 2.20 bits per heavy atom. The maximum absolute atomic E-state index is 2.58. The van der Waals surface area contributed by atoms with Crippen molar-refractivity contribution in [1.82, 2.24) is 0 Å². The van der Waals surface area contributed by atoms with Gasteiger partial charge >= 0.3 is 0 Å². The highest BCUT2D eigenvalue weighted by Gasteiger charge is 2.25. The predicted molar refractivity (Wildman–Crippen MR) is 51.3 cm³/mol. The first-order chi connectivity index (χ1) is 4.61. The van der Waals surface area contributed by atoms with Crippen LogP contribution in [0.4, 0.5) is 0 Å². The first-order valence-corrected chi connectivity index (χ1v) is 5.80. The Balaban J connectivity index is 2.39. The summed E-state index contributed by atoms with van der Waals surface area (Å²) in [6.45, 7) is 9.71. The minimum absolute atomic E-state index is 0.262. The molecule has 1 saturated heterocycles. The van der Waals surface area contributed by atoms with Gasteiger partial charge in [-0.3, -0.25) is 0 Å². The first kappa shape index (κ1) is 8.59. The molecule has 0 bridgehead atoms. The Bertz CT molecular complexity index is 100. The molecule has 2 heteroatoms. The van der Waals surface area contributed by atoms with Crippen molar-refractivity contribution in [3.8, 4) is 0 Å². The van der Waals surface area contributed by atoms with Crippen molar-refractivity contribution in [1.29, 1.82) is 0 Å². The standard InChI is InChI=1S/C8H17BP/c1-8(2,3)10-7-5-4-6-9-10/h4-7H2,1-3H3. The molecule has 1 aliphatic rings. The Labute approximate surface area is 66.7 Å². The molecule has 1 fully saturated rings. The lowest BCUT2D eigenvalue weighted by Gasteiger charge is -2.34. The van der Waals surface area contributed by atoms with Crippen LogP contribution in [0.1, 0.15) is 33.6 Å². The van der Waals surface area contributed by atoms with Gasteiger partial charge in [-0.25, -0.2) is 0 Å². The molecule has 1 atom stereocenters. The average Bonchev–Trinajstić information content (AvgIpc) is 1.88. The number of hydrogen-bond donors (Lipinski definition) is 0. The van der Waals surface area contributed by atoms with Gasteiger partial charge in [0.15, 0.2) is 0 Å². The molecule has 0 aliphatic carbocycles. The van der Waals surface area contributed by atoms with Gasteiger partial charge in [0.25, 0.3) is 0 Å². The zero-order valence-corrected chi connectivity index (χ0v) is 8.25. The molecule has 10 heavy (non-hydrogen) atoms. The quantitative estimate of drug-likeness (QED) is 0.372. The molecular formula is C8H17BP. The second kappa shape index (κ2) is 3.26. The van der Waals surface area contributed by atoms with Crippen LogP contribution in [0, 0.1) is 0 Å². The van der Waals surface area contributed by atoms with Crippen LogP contribution in [0.15, 0.2) is 0 Å². The Hall–Kier alpha value is 0.495. The SMILES string of the molecule is CC(C)(C)P1[B]CCCC1. The van der Waals surface area contributed by atoms with Crippen LogP contribution >= 0.6 is 7.80 Å². The lowest BCUT2D eigenvalue weighted by atomic mass is 9.98. The molecular weight excluding hydrogens is 138 g/mol. The summed E-state index contributed by atoms with van der Waals surface area (Å²) in [5.74, 6) is 0. The number of rotatable bonds is 0. The fourth-order valence-corrected chi connectivity index (χ4v) is 3.83. The highest BCUT2D eigenvalue weighted by Crippen LogP contribution is 2.51. The van der Waals surface area contributed by atoms with E-state index in [4.69, 9.17) is 0 Å². The second-order valence-corrected chi connectivity index (χ2v) is 7.14. The van der Waals surface area contributed by atoms with Gasteiger partial charge in [-0.15, -0.1) is 7.80 Å². The van der Waals surface area contributed by atoms with Gasteiger partial charge in [0.2, 0.25) is 0 Å². The van der Waals surface area contributed by atoms with Gasteiger partial charge < -0.3 is 0 Å². The van der Waals surface area contributed by atoms with Crippen LogP contribution in [0.3, 0.4) is 0 Å². The molecule has 0 spiro atoms. The van der Waals surface area contributed by atoms with Gasteiger partial charge in [-0.1, -0.05) is 39.9 Å². The Morgan fingerprint density at radius 1 is 1.20 bits per heavy atom. The van der Waals surface area contributed by atoms with E-state index in [1.807, 2.05) is 0 Å². The van der Waals surface area contributed by atoms with E-state index in [0.717, 1.165) is 0 Å². The molecule has 0 amide bonds. The topological polar surface area (TPSA) is 0 Å². The summed E-state index contributed by atoms with van der Waals surface area (Å²) in [4.78, 5) is 0. The van der Waals surface area contributed by atoms with E-state index in [9.17, 15) is 0 Å². The van der Waals surface area contributed by atoms with Crippen molar-refractivity contribution >= 4 is 14.8 Å². The zero-order chi connectivity index (χ0) is 7.61. The highest BCUT2D eigenvalue weighted by molar-refractivity contribution is 7.87. The number of hydrogen-bond acceptors (Lipinski definition) is 0. The molecule has 1 heterocycles. The molecule has 0 saturated carbocycles. The van der Waals surface area contributed by atoms with Crippen molar-refractivity contribution in [3.05, 3.63) is 0 Å². The molecule has 0 nitrogen and oxygen atoms in total. The first-order valence-electron chi connectivity index (χ1n) is 4.21. The summed E-state index contributed by atoms with van der Waals surface area (Å²) in [6.07, 6.45) is 5.77. The summed E-state index contributed by atoms with van der Waals surface area (Å²) >= 11 is 0. The molecule has 57 valence electrons. The minimum atomic E-state index is 0.262. The summed E-state index contributed by atoms with van der Waals surface area (Å²) < 4.78 is 0. The van der Waals surface area contributed by atoms with E-state index in [0.29, 0.717) is 5.16 Å². The van der Waals surface area contributed by atoms with Crippen molar-refractivity contribution in [3.63, 3.8) is 0 Å². The van der Waals surface area contributed by atoms with Crippen molar-refractivity contribution in [2.45, 2.75) is 45.1 Å². The maximum atomic E-state index is 2.58.